The molecule has 112 valence electrons. The molecule has 1 aromatic carbocycles. The molecule has 0 aliphatic rings. The van der Waals surface area contributed by atoms with Crippen LogP contribution in [0.4, 0.5) is 5.69 Å². The van der Waals surface area contributed by atoms with Gasteiger partial charge in [-0.25, -0.2) is 0 Å². The quantitative estimate of drug-likeness (QED) is 0.827. The van der Waals surface area contributed by atoms with Crippen LogP contribution in [-0.2, 0) is 11.3 Å². The van der Waals surface area contributed by atoms with Gasteiger partial charge in [-0.1, -0.05) is 12.1 Å². The van der Waals surface area contributed by atoms with E-state index in [1.807, 2.05) is 30.3 Å². The molecule has 1 aromatic heterocycles. The van der Waals surface area contributed by atoms with E-state index in [4.69, 9.17) is 15.2 Å². The van der Waals surface area contributed by atoms with Gasteiger partial charge >= 0.3 is 0 Å². The first-order chi connectivity index (χ1) is 10.2. The first kappa shape index (κ1) is 15.1. The first-order valence-corrected chi connectivity index (χ1v) is 6.80. The van der Waals surface area contributed by atoms with E-state index >= 15 is 0 Å². The zero-order valence-electron chi connectivity index (χ0n) is 12.3. The highest BCUT2D eigenvalue weighted by Gasteiger charge is 2.12. The van der Waals surface area contributed by atoms with E-state index < -0.39 is 0 Å². The molecule has 0 amide bonds. The summed E-state index contributed by atoms with van der Waals surface area (Å²) in [4.78, 5) is 12.3. The van der Waals surface area contributed by atoms with Gasteiger partial charge in [0.1, 0.15) is 5.75 Å². The van der Waals surface area contributed by atoms with Gasteiger partial charge in [0.15, 0.2) is 0 Å². The second-order valence-corrected chi connectivity index (χ2v) is 4.68. The van der Waals surface area contributed by atoms with Crippen LogP contribution in [0.3, 0.4) is 0 Å². The molecular formula is C16H20N2O3. The van der Waals surface area contributed by atoms with Crippen molar-refractivity contribution in [3.63, 3.8) is 0 Å². The minimum absolute atomic E-state index is 0.186. The minimum atomic E-state index is -0.186. The van der Waals surface area contributed by atoms with Crippen LogP contribution < -0.4 is 16.0 Å². The molecule has 0 aliphatic heterocycles. The highest BCUT2D eigenvalue weighted by atomic mass is 16.5. The topological polar surface area (TPSA) is 66.5 Å². The maximum absolute atomic E-state index is 12.3. The summed E-state index contributed by atoms with van der Waals surface area (Å²) in [6.07, 6.45) is 0.738. The number of anilines is 1. The van der Waals surface area contributed by atoms with Crippen molar-refractivity contribution in [1.29, 1.82) is 0 Å². The van der Waals surface area contributed by atoms with Crippen LogP contribution in [0.5, 0.6) is 5.75 Å². The number of hydrogen-bond acceptors (Lipinski definition) is 4. The molecule has 0 spiro atoms. The predicted molar refractivity (Wildman–Crippen MR) is 83.6 cm³/mol. The number of benzene rings is 1. The summed E-state index contributed by atoms with van der Waals surface area (Å²) in [5.41, 5.74) is 7.47. The Morgan fingerprint density at radius 2 is 1.90 bits per heavy atom. The molecule has 0 aliphatic carbocycles. The summed E-state index contributed by atoms with van der Waals surface area (Å²) in [6, 6.07) is 11.1. The van der Waals surface area contributed by atoms with Gasteiger partial charge in [-0.15, -0.1) is 0 Å². The summed E-state index contributed by atoms with van der Waals surface area (Å²) in [5, 5.41) is 0. The van der Waals surface area contributed by atoms with Gasteiger partial charge in [-0.2, -0.15) is 0 Å². The smallest absolute Gasteiger partial charge is 0.274 e. The Bertz CT molecular complexity index is 665. The molecule has 0 fully saturated rings. The number of aromatic nitrogens is 1. The van der Waals surface area contributed by atoms with Gasteiger partial charge in [0.2, 0.25) is 0 Å². The number of hydrogen-bond donors (Lipinski definition) is 1. The predicted octanol–water partition coefficient (Wildman–Crippen LogP) is 2.14. The molecule has 5 heteroatoms. The number of nitrogens with two attached hydrogens (primary N) is 1. The summed E-state index contributed by atoms with van der Waals surface area (Å²) < 4.78 is 12.1. The van der Waals surface area contributed by atoms with Crippen LogP contribution >= 0.6 is 0 Å². The van der Waals surface area contributed by atoms with Gasteiger partial charge in [0.25, 0.3) is 5.56 Å². The maximum atomic E-state index is 12.3. The van der Waals surface area contributed by atoms with Crippen LogP contribution in [0.25, 0.3) is 11.3 Å². The number of para-hydroxylation sites is 1. The van der Waals surface area contributed by atoms with Crippen molar-refractivity contribution in [3.8, 4) is 17.0 Å². The first-order valence-electron chi connectivity index (χ1n) is 6.80. The van der Waals surface area contributed by atoms with E-state index in [0.717, 1.165) is 23.4 Å². The zero-order valence-corrected chi connectivity index (χ0v) is 12.3. The Balaban J connectivity index is 2.52. The number of pyridine rings is 1. The monoisotopic (exact) mass is 288 g/mol. The molecule has 0 atom stereocenters. The summed E-state index contributed by atoms with van der Waals surface area (Å²) in [6.45, 7) is 1.14. The van der Waals surface area contributed by atoms with Crippen LogP contribution in [0.1, 0.15) is 6.42 Å². The number of rotatable bonds is 6. The van der Waals surface area contributed by atoms with E-state index in [-0.39, 0.29) is 11.2 Å². The van der Waals surface area contributed by atoms with Gasteiger partial charge in [-0.3, -0.25) is 4.79 Å². The van der Waals surface area contributed by atoms with Crippen molar-refractivity contribution >= 4 is 5.69 Å². The van der Waals surface area contributed by atoms with Crippen molar-refractivity contribution in [2.45, 2.75) is 13.0 Å². The third-order valence-corrected chi connectivity index (χ3v) is 3.32. The lowest BCUT2D eigenvalue weighted by Crippen LogP contribution is -2.25. The fourth-order valence-electron chi connectivity index (χ4n) is 2.28. The van der Waals surface area contributed by atoms with E-state index in [1.54, 1.807) is 24.9 Å². The average molecular weight is 288 g/mol. The Labute approximate surface area is 123 Å². The third-order valence-electron chi connectivity index (χ3n) is 3.32. The molecule has 0 saturated heterocycles. The Morgan fingerprint density at radius 1 is 1.14 bits per heavy atom. The molecule has 0 radical (unpaired) electrons. The van der Waals surface area contributed by atoms with E-state index in [9.17, 15) is 4.79 Å². The van der Waals surface area contributed by atoms with Crippen molar-refractivity contribution in [2.75, 3.05) is 26.6 Å². The van der Waals surface area contributed by atoms with E-state index in [2.05, 4.69) is 0 Å². The van der Waals surface area contributed by atoms with Crippen molar-refractivity contribution in [3.05, 3.63) is 46.8 Å². The van der Waals surface area contributed by atoms with Crippen molar-refractivity contribution in [1.82, 2.24) is 4.57 Å². The van der Waals surface area contributed by atoms with Gasteiger partial charge in [-0.05, 0) is 30.7 Å². The third kappa shape index (κ3) is 3.25. The highest BCUT2D eigenvalue weighted by molar-refractivity contribution is 5.68. The zero-order chi connectivity index (χ0) is 15.2. The molecule has 2 aromatic rings. The van der Waals surface area contributed by atoms with Crippen LogP contribution in [0, 0.1) is 0 Å². The molecule has 0 saturated carbocycles. The highest BCUT2D eigenvalue weighted by Crippen LogP contribution is 2.29. The van der Waals surface area contributed by atoms with Gasteiger partial charge in [0.05, 0.1) is 18.5 Å². The Hall–Kier alpha value is -2.27. The molecule has 5 nitrogen and oxygen atoms in total. The Morgan fingerprint density at radius 3 is 2.62 bits per heavy atom. The number of ether oxygens (including phenoxy) is 2. The number of methoxy groups -OCH3 is 2. The number of nitrogen functional groups attached to an aromatic ring is 1. The Kier molecular flexibility index (Phi) is 5.00. The fourth-order valence-corrected chi connectivity index (χ4v) is 2.28. The SMILES string of the molecule is COCCCn1c(-c2ccccc2OC)ccc(N)c1=O. The van der Waals surface area contributed by atoms with Gasteiger partial charge in [0, 0.05) is 25.8 Å². The van der Waals surface area contributed by atoms with E-state index in [0.29, 0.717) is 13.2 Å². The standard InChI is InChI=1S/C16H20N2O3/c1-20-11-5-10-18-14(9-8-13(17)16(18)19)12-6-3-4-7-15(12)21-2/h3-4,6-9H,5,10-11,17H2,1-2H3. The summed E-state index contributed by atoms with van der Waals surface area (Å²) >= 11 is 0. The van der Waals surface area contributed by atoms with E-state index in [1.165, 1.54) is 0 Å². The summed E-state index contributed by atoms with van der Waals surface area (Å²) in [7, 11) is 3.26. The fraction of sp³-hybridized carbons (Fsp3) is 0.312. The molecule has 2 rings (SSSR count). The number of nitrogens with zero attached hydrogens (tertiary/aromatic N) is 1. The van der Waals surface area contributed by atoms with Crippen LogP contribution in [0.2, 0.25) is 0 Å². The average Bonchev–Trinajstić information content (AvgIpc) is 2.52. The largest absolute Gasteiger partial charge is 0.496 e. The second kappa shape index (κ2) is 6.95. The second-order valence-electron chi connectivity index (χ2n) is 4.68. The lowest BCUT2D eigenvalue weighted by atomic mass is 10.1. The normalized spacial score (nSPS) is 10.6. The molecule has 2 N–H and O–H groups in total. The molecule has 21 heavy (non-hydrogen) atoms. The summed E-state index contributed by atoms with van der Waals surface area (Å²) in [5.74, 6) is 0.724. The van der Waals surface area contributed by atoms with Crippen LogP contribution in [0.15, 0.2) is 41.2 Å². The molecule has 1 heterocycles. The van der Waals surface area contributed by atoms with Crippen LogP contribution in [-0.4, -0.2) is 25.4 Å². The maximum Gasteiger partial charge on any atom is 0.274 e. The lowest BCUT2D eigenvalue weighted by molar-refractivity contribution is 0.190. The van der Waals surface area contributed by atoms with Crippen molar-refractivity contribution in [2.24, 2.45) is 0 Å². The molecular weight excluding hydrogens is 268 g/mol. The minimum Gasteiger partial charge on any atom is -0.496 e. The molecule has 0 bridgehead atoms. The van der Waals surface area contributed by atoms with Crippen molar-refractivity contribution < 1.29 is 9.47 Å². The van der Waals surface area contributed by atoms with Gasteiger partial charge < -0.3 is 19.8 Å². The molecule has 0 unspecified atom stereocenters. The lowest BCUT2D eigenvalue weighted by Gasteiger charge is -2.16.